The van der Waals surface area contributed by atoms with Gasteiger partial charge < -0.3 is 11.1 Å². The van der Waals surface area contributed by atoms with E-state index in [1.54, 1.807) is 0 Å². The van der Waals surface area contributed by atoms with E-state index >= 15 is 0 Å². The predicted octanol–water partition coefficient (Wildman–Crippen LogP) is 1.22. The second-order valence-electron chi connectivity index (χ2n) is 0.892. The SMILES string of the molecule is CC.CC.CNCCN. The molecule has 3 N–H and O–H groups in total. The molecule has 0 amide bonds. The largest absolute Gasteiger partial charge is 0.329 e. The molecule has 0 aromatic carbocycles. The summed E-state index contributed by atoms with van der Waals surface area (Å²) in [6, 6.07) is 0. The van der Waals surface area contributed by atoms with Crippen molar-refractivity contribution in [1.29, 1.82) is 0 Å². The third-order valence-corrected chi connectivity index (χ3v) is 0.394. The van der Waals surface area contributed by atoms with Crippen LogP contribution < -0.4 is 11.1 Å². The van der Waals surface area contributed by atoms with Crippen LogP contribution in [0.2, 0.25) is 0 Å². The Hall–Kier alpha value is -0.0800. The molecule has 0 atom stereocenters. The normalized spacial score (nSPS) is 6.00. The van der Waals surface area contributed by atoms with Gasteiger partial charge in [0.2, 0.25) is 0 Å². The number of rotatable bonds is 2. The van der Waals surface area contributed by atoms with Crippen LogP contribution in [0.25, 0.3) is 0 Å². The summed E-state index contributed by atoms with van der Waals surface area (Å²) in [5, 5.41) is 2.89. The Bertz CT molecular complexity index is 14.4. The molecule has 2 heteroatoms. The van der Waals surface area contributed by atoms with E-state index in [-0.39, 0.29) is 0 Å². The Kier molecular flexibility index (Phi) is 78.9. The van der Waals surface area contributed by atoms with E-state index in [2.05, 4.69) is 5.32 Å². The van der Waals surface area contributed by atoms with Crippen LogP contribution in [0.4, 0.5) is 0 Å². The van der Waals surface area contributed by atoms with Crippen molar-refractivity contribution >= 4 is 0 Å². The summed E-state index contributed by atoms with van der Waals surface area (Å²) in [5.41, 5.74) is 5.08. The molecular weight excluding hydrogens is 112 g/mol. The molecule has 0 aromatic rings. The smallest absolute Gasteiger partial charge is 0.00714 e. The van der Waals surface area contributed by atoms with Crippen LogP contribution in [0.5, 0.6) is 0 Å². The summed E-state index contributed by atoms with van der Waals surface area (Å²) in [7, 11) is 1.88. The van der Waals surface area contributed by atoms with Crippen molar-refractivity contribution in [2.24, 2.45) is 5.73 Å². The van der Waals surface area contributed by atoms with Gasteiger partial charge in [-0.3, -0.25) is 0 Å². The van der Waals surface area contributed by atoms with Crippen LogP contribution >= 0.6 is 0 Å². The number of nitrogens with one attached hydrogen (secondary N) is 1. The quantitative estimate of drug-likeness (QED) is 0.596. The first-order valence-electron chi connectivity index (χ1n) is 3.76. The van der Waals surface area contributed by atoms with E-state index in [1.807, 2.05) is 34.7 Å². The minimum atomic E-state index is 0.733. The molecule has 60 valence electrons. The van der Waals surface area contributed by atoms with Crippen LogP contribution in [0.3, 0.4) is 0 Å². The van der Waals surface area contributed by atoms with Crippen LogP contribution in [0.15, 0.2) is 0 Å². The molecule has 0 bridgehead atoms. The van der Waals surface area contributed by atoms with Crippen molar-refractivity contribution in [3.63, 3.8) is 0 Å². The Morgan fingerprint density at radius 2 is 1.44 bits per heavy atom. The van der Waals surface area contributed by atoms with Crippen molar-refractivity contribution in [3.05, 3.63) is 0 Å². The van der Waals surface area contributed by atoms with Crippen molar-refractivity contribution in [1.82, 2.24) is 5.32 Å². The first-order valence-corrected chi connectivity index (χ1v) is 3.76. The summed E-state index contributed by atoms with van der Waals surface area (Å²) in [6.45, 7) is 9.65. The fourth-order valence-electron chi connectivity index (χ4n) is 0.144. The molecule has 0 aromatic heterocycles. The van der Waals surface area contributed by atoms with Crippen LogP contribution in [0, 0.1) is 0 Å². The molecule has 9 heavy (non-hydrogen) atoms. The Balaban J connectivity index is -0.0000000771. The third kappa shape index (κ3) is 75.3. The lowest BCUT2D eigenvalue weighted by molar-refractivity contribution is 0.802. The highest BCUT2D eigenvalue weighted by Crippen LogP contribution is 1.37. The molecule has 0 saturated heterocycles. The monoisotopic (exact) mass is 134 g/mol. The summed E-state index contributed by atoms with van der Waals surface area (Å²) < 4.78 is 0. The Morgan fingerprint density at radius 1 is 1.11 bits per heavy atom. The Morgan fingerprint density at radius 3 is 1.44 bits per heavy atom. The maximum absolute atomic E-state index is 5.08. The van der Waals surface area contributed by atoms with Gasteiger partial charge in [0, 0.05) is 13.1 Å². The van der Waals surface area contributed by atoms with Gasteiger partial charge in [-0.05, 0) is 7.05 Å². The van der Waals surface area contributed by atoms with Gasteiger partial charge in [-0.2, -0.15) is 0 Å². The van der Waals surface area contributed by atoms with Crippen molar-refractivity contribution < 1.29 is 0 Å². The van der Waals surface area contributed by atoms with E-state index < -0.39 is 0 Å². The lowest BCUT2D eigenvalue weighted by atomic mass is 10.7. The van der Waals surface area contributed by atoms with E-state index in [4.69, 9.17) is 5.73 Å². The lowest BCUT2D eigenvalue weighted by Gasteiger charge is -1.85. The first kappa shape index (κ1) is 16.0. The second kappa shape index (κ2) is 44.5. The standard InChI is InChI=1S/C3H10N2.2C2H6/c1-5-3-2-4;2*1-2/h5H,2-4H2,1H3;2*1-2H3. The maximum atomic E-state index is 5.08. The number of hydrogen-bond donors (Lipinski definition) is 2. The molecule has 0 radical (unpaired) electrons. The van der Waals surface area contributed by atoms with Gasteiger partial charge >= 0.3 is 0 Å². The summed E-state index contributed by atoms with van der Waals surface area (Å²) in [6.07, 6.45) is 0. The zero-order valence-corrected chi connectivity index (χ0v) is 7.49. The van der Waals surface area contributed by atoms with Gasteiger partial charge in [0.05, 0.1) is 0 Å². The molecule has 0 spiro atoms. The average molecular weight is 134 g/mol. The van der Waals surface area contributed by atoms with Crippen LogP contribution in [-0.2, 0) is 0 Å². The molecule has 0 unspecified atom stereocenters. The van der Waals surface area contributed by atoms with Gasteiger partial charge in [-0.25, -0.2) is 0 Å². The van der Waals surface area contributed by atoms with Crippen LogP contribution in [-0.4, -0.2) is 20.1 Å². The third-order valence-electron chi connectivity index (χ3n) is 0.394. The molecule has 0 aliphatic carbocycles. The van der Waals surface area contributed by atoms with Gasteiger partial charge in [0.25, 0.3) is 0 Å². The number of likely N-dealkylation sites (N-methyl/N-ethyl adjacent to an activating group) is 1. The summed E-state index contributed by atoms with van der Waals surface area (Å²) >= 11 is 0. The summed E-state index contributed by atoms with van der Waals surface area (Å²) in [5.74, 6) is 0. The molecule has 0 saturated carbocycles. The van der Waals surface area contributed by atoms with E-state index in [1.165, 1.54) is 0 Å². The number of nitrogens with two attached hydrogens (primary N) is 1. The molecular formula is C7H22N2. The molecule has 0 heterocycles. The molecule has 0 aliphatic heterocycles. The van der Waals surface area contributed by atoms with Crippen molar-refractivity contribution in [2.45, 2.75) is 27.7 Å². The highest BCUT2D eigenvalue weighted by atomic mass is 14.8. The topological polar surface area (TPSA) is 38.0 Å². The minimum Gasteiger partial charge on any atom is -0.329 e. The zero-order chi connectivity index (χ0) is 8.12. The van der Waals surface area contributed by atoms with Gasteiger partial charge in [0.15, 0.2) is 0 Å². The summed E-state index contributed by atoms with van der Waals surface area (Å²) in [4.78, 5) is 0. The molecule has 2 nitrogen and oxygen atoms in total. The van der Waals surface area contributed by atoms with Gasteiger partial charge in [-0.1, -0.05) is 27.7 Å². The van der Waals surface area contributed by atoms with Gasteiger partial charge in [-0.15, -0.1) is 0 Å². The zero-order valence-electron chi connectivity index (χ0n) is 7.49. The van der Waals surface area contributed by atoms with E-state index in [0.29, 0.717) is 0 Å². The van der Waals surface area contributed by atoms with Gasteiger partial charge in [0.1, 0.15) is 0 Å². The minimum absolute atomic E-state index is 0.733. The van der Waals surface area contributed by atoms with E-state index in [9.17, 15) is 0 Å². The molecule has 0 fully saturated rings. The fourth-order valence-corrected chi connectivity index (χ4v) is 0.144. The highest BCUT2D eigenvalue weighted by Gasteiger charge is 1.64. The molecule has 0 rings (SSSR count). The lowest BCUT2D eigenvalue weighted by Crippen LogP contribution is -2.17. The molecule has 0 aliphatic rings. The highest BCUT2D eigenvalue weighted by molar-refractivity contribution is 4.33. The second-order valence-corrected chi connectivity index (χ2v) is 0.892. The van der Waals surface area contributed by atoms with E-state index in [0.717, 1.165) is 13.1 Å². The van der Waals surface area contributed by atoms with Crippen molar-refractivity contribution in [2.75, 3.05) is 20.1 Å². The maximum Gasteiger partial charge on any atom is 0.00714 e. The van der Waals surface area contributed by atoms with Crippen molar-refractivity contribution in [3.8, 4) is 0 Å². The fraction of sp³-hybridized carbons (Fsp3) is 1.00. The first-order chi connectivity index (χ1) is 4.41. The number of hydrogen-bond acceptors (Lipinski definition) is 2. The average Bonchev–Trinajstić information content (AvgIpc) is 1.98. The Labute approximate surface area is 59.8 Å². The predicted molar refractivity (Wildman–Crippen MR) is 45.7 cm³/mol. The van der Waals surface area contributed by atoms with Crippen LogP contribution in [0.1, 0.15) is 27.7 Å².